The largest absolute Gasteiger partial charge is 0.382 e. The number of ether oxygens (including phenoxy) is 3. The van der Waals surface area contributed by atoms with E-state index in [1.807, 2.05) is 18.4 Å². The van der Waals surface area contributed by atoms with Crippen LogP contribution in [0, 0.1) is 5.92 Å². The van der Waals surface area contributed by atoms with Crippen molar-refractivity contribution in [1.82, 2.24) is 34.4 Å². The quantitative estimate of drug-likeness (QED) is 0.245. The Kier molecular flexibility index (Phi) is 8.19. The van der Waals surface area contributed by atoms with Crippen molar-refractivity contribution in [2.45, 2.75) is 116 Å². The van der Waals surface area contributed by atoms with Crippen molar-refractivity contribution < 1.29 is 14.2 Å². The summed E-state index contributed by atoms with van der Waals surface area (Å²) in [6.45, 7) is 15.8. The number of aromatic nitrogens is 6. The average Bonchev–Trinajstić information content (AvgIpc) is 3.63. The van der Waals surface area contributed by atoms with Gasteiger partial charge in [0.2, 0.25) is 0 Å². The molecular weight excluding hydrogens is 556 g/mol. The lowest BCUT2D eigenvalue weighted by molar-refractivity contribution is -0.163. The van der Waals surface area contributed by atoms with E-state index in [1.54, 1.807) is 13.4 Å². The second-order valence-corrected chi connectivity index (χ2v) is 14.3. The molecule has 2 aliphatic rings. The van der Waals surface area contributed by atoms with Gasteiger partial charge in [-0.25, -0.2) is 19.9 Å². The van der Waals surface area contributed by atoms with Crippen LogP contribution >= 0.6 is 0 Å². The molecule has 1 unspecified atom stereocenters. The van der Waals surface area contributed by atoms with E-state index in [0.29, 0.717) is 35.0 Å². The van der Waals surface area contributed by atoms with E-state index in [2.05, 4.69) is 77.7 Å². The van der Waals surface area contributed by atoms with Crippen LogP contribution in [0.4, 0.5) is 5.82 Å². The molecule has 3 aromatic heterocycles. The lowest BCUT2D eigenvalue weighted by atomic mass is 9.76. The molecule has 44 heavy (non-hydrogen) atoms. The van der Waals surface area contributed by atoms with Gasteiger partial charge in [0.1, 0.15) is 29.9 Å². The number of hydrogen-bond donors (Lipinski definition) is 2. The molecule has 238 valence electrons. The number of nitrogens with zero attached hydrogens (tertiary/aromatic N) is 6. The van der Waals surface area contributed by atoms with Crippen LogP contribution in [0.25, 0.3) is 22.2 Å². The summed E-state index contributed by atoms with van der Waals surface area (Å²) in [4.78, 5) is 24.0. The predicted octanol–water partition coefficient (Wildman–Crippen LogP) is 5.37. The van der Waals surface area contributed by atoms with E-state index < -0.39 is 12.0 Å². The summed E-state index contributed by atoms with van der Waals surface area (Å²) >= 11 is 0. The number of fused-ring (bicyclic) bond motifs is 2. The van der Waals surface area contributed by atoms with Crippen molar-refractivity contribution in [1.29, 1.82) is 0 Å². The van der Waals surface area contributed by atoms with Gasteiger partial charge in [0.05, 0.1) is 17.4 Å². The maximum absolute atomic E-state index is 6.48. The molecule has 0 spiro atoms. The number of benzene rings is 1. The summed E-state index contributed by atoms with van der Waals surface area (Å²) in [5.74, 6) is 1.31. The van der Waals surface area contributed by atoms with Crippen molar-refractivity contribution in [3.8, 4) is 0 Å². The first-order valence-corrected chi connectivity index (χ1v) is 15.9. The average molecular weight is 605 g/mol. The molecule has 1 saturated carbocycles. The standard InChI is InChI=1S/C33H48N8O3/c1-19(2)40(22-13-20(14-22)9-12-26-38-23-11-10-21(32(3,4)5)15-24(23)39-26)16-25(42-8)28-31(44-33(6,7)43-28)41-18-37-27-29(34)35-17-36-30(27)41/h10-11,15,17-20,22,25,28,31H,9,12-14,16H2,1-8H3,(H,38,39)(H2,34,35,36)/t20?,22?,25?,28-,31-/m1/s1. The van der Waals surface area contributed by atoms with Gasteiger partial charge >= 0.3 is 0 Å². The molecule has 2 fully saturated rings. The minimum Gasteiger partial charge on any atom is -0.382 e. The van der Waals surface area contributed by atoms with E-state index in [0.717, 1.165) is 36.2 Å². The fraction of sp³-hybridized carbons (Fsp3) is 0.636. The van der Waals surface area contributed by atoms with E-state index in [1.165, 1.54) is 24.7 Å². The molecule has 1 aromatic carbocycles. The van der Waals surface area contributed by atoms with Crippen molar-refractivity contribution in [2.75, 3.05) is 19.4 Å². The van der Waals surface area contributed by atoms with Crippen LogP contribution in [0.1, 0.15) is 85.3 Å². The van der Waals surface area contributed by atoms with E-state index >= 15 is 0 Å². The number of rotatable bonds is 10. The van der Waals surface area contributed by atoms with Crippen LogP contribution in [0.2, 0.25) is 0 Å². The predicted molar refractivity (Wildman–Crippen MR) is 171 cm³/mol. The van der Waals surface area contributed by atoms with Gasteiger partial charge in [-0.15, -0.1) is 0 Å². The molecule has 11 heteroatoms. The Morgan fingerprint density at radius 1 is 1.16 bits per heavy atom. The Morgan fingerprint density at radius 2 is 1.93 bits per heavy atom. The summed E-state index contributed by atoms with van der Waals surface area (Å²) in [5.41, 5.74) is 10.9. The molecule has 1 saturated heterocycles. The molecule has 3 N–H and O–H groups in total. The lowest BCUT2D eigenvalue weighted by Gasteiger charge is -2.46. The van der Waals surface area contributed by atoms with Crippen molar-refractivity contribution >= 4 is 28.0 Å². The molecular formula is C33H48N8O3. The first kappa shape index (κ1) is 30.9. The number of aryl methyl sites for hydroxylation is 1. The van der Waals surface area contributed by atoms with Crippen LogP contribution in [0.3, 0.4) is 0 Å². The zero-order valence-corrected chi connectivity index (χ0v) is 27.4. The summed E-state index contributed by atoms with van der Waals surface area (Å²) in [6, 6.07) is 7.46. The molecule has 4 aromatic rings. The lowest BCUT2D eigenvalue weighted by Crippen LogP contribution is -2.53. The maximum Gasteiger partial charge on any atom is 0.169 e. The number of H-pyrrole nitrogens is 1. The van der Waals surface area contributed by atoms with Crippen LogP contribution in [-0.2, 0) is 26.0 Å². The number of nitrogens with two attached hydrogens (primary N) is 1. The van der Waals surface area contributed by atoms with Crippen molar-refractivity contribution in [2.24, 2.45) is 5.92 Å². The molecule has 0 radical (unpaired) electrons. The maximum atomic E-state index is 6.48. The second-order valence-electron chi connectivity index (χ2n) is 14.3. The monoisotopic (exact) mass is 604 g/mol. The topological polar surface area (TPSA) is 129 Å². The van der Waals surface area contributed by atoms with Crippen LogP contribution < -0.4 is 5.73 Å². The third-order valence-corrected chi connectivity index (χ3v) is 9.36. The van der Waals surface area contributed by atoms with Gasteiger partial charge in [0, 0.05) is 32.2 Å². The smallest absolute Gasteiger partial charge is 0.169 e. The number of hydrogen-bond acceptors (Lipinski definition) is 9. The van der Waals surface area contributed by atoms with Gasteiger partial charge in [-0.1, -0.05) is 26.8 Å². The molecule has 1 aliphatic carbocycles. The Morgan fingerprint density at radius 3 is 2.64 bits per heavy atom. The highest BCUT2D eigenvalue weighted by atomic mass is 16.8. The normalized spacial score (nSPS) is 24.5. The number of methoxy groups -OCH3 is 1. The number of anilines is 1. The van der Waals surface area contributed by atoms with Crippen LogP contribution in [0.5, 0.6) is 0 Å². The van der Waals surface area contributed by atoms with Gasteiger partial charge in [-0.2, -0.15) is 0 Å². The number of aromatic amines is 1. The molecule has 0 bridgehead atoms. The van der Waals surface area contributed by atoms with Gasteiger partial charge in [-0.05, 0) is 76.0 Å². The first-order chi connectivity index (χ1) is 20.8. The zero-order valence-electron chi connectivity index (χ0n) is 27.4. The molecule has 3 atom stereocenters. The molecule has 0 amide bonds. The van der Waals surface area contributed by atoms with Crippen molar-refractivity contribution in [3.05, 3.63) is 42.2 Å². The third-order valence-electron chi connectivity index (χ3n) is 9.36. The summed E-state index contributed by atoms with van der Waals surface area (Å²) in [7, 11) is 1.75. The minimum absolute atomic E-state index is 0.121. The second kappa shape index (κ2) is 11.7. The molecule has 11 nitrogen and oxygen atoms in total. The first-order valence-electron chi connectivity index (χ1n) is 15.9. The minimum atomic E-state index is -0.795. The Balaban J connectivity index is 1.10. The number of imidazole rings is 2. The number of nitrogens with one attached hydrogen (secondary N) is 1. The Hall–Kier alpha value is -3.12. The highest BCUT2D eigenvalue weighted by molar-refractivity contribution is 5.81. The zero-order chi connectivity index (χ0) is 31.4. The Bertz CT molecular complexity index is 1600. The van der Waals surface area contributed by atoms with Crippen LogP contribution in [0.15, 0.2) is 30.9 Å². The van der Waals surface area contributed by atoms with Gasteiger partial charge in [0.15, 0.2) is 23.5 Å². The molecule has 1 aliphatic heterocycles. The van der Waals surface area contributed by atoms with Gasteiger partial charge in [0.25, 0.3) is 0 Å². The Labute approximate surface area is 259 Å². The van der Waals surface area contributed by atoms with Gasteiger partial charge < -0.3 is 24.9 Å². The molecule has 4 heterocycles. The highest BCUT2D eigenvalue weighted by Crippen LogP contribution is 2.41. The SMILES string of the molecule is COC(CN(C(C)C)C1CC(CCc2nc3ccc(C(C)(C)C)cc3[nH]2)C1)[C@H]1OC(C)(C)O[C@H]1n1cnc2c(N)ncnc21. The van der Waals surface area contributed by atoms with E-state index in [4.69, 9.17) is 24.9 Å². The van der Waals surface area contributed by atoms with E-state index in [-0.39, 0.29) is 17.6 Å². The summed E-state index contributed by atoms with van der Waals surface area (Å²) in [5, 5.41) is 0. The highest BCUT2D eigenvalue weighted by Gasteiger charge is 2.48. The van der Waals surface area contributed by atoms with Crippen molar-refractivity contribution in [3.63, 3.8) is 0 Å². The fourth-order valence-electron chi connectivity index (χ4n) is 6.80. The number of nitrogen functional groups attached to an aromatic ring is 1. The van der Waals surface area contributed by atoms with Gasteiger partial charge in [-0.3, -0.25) is 9.47 Å². The summed E-state index contributed by atoms with van der Waals surface area (Å²) in [6.07, 6.45) is 6.52. The van der Waals surface area contributed by atoms with E-state index in [9.17, 15) is 0 Å². The fourth-order valence-corrected chi connectivity index (χ4v) is 6.80. The third kappa shape index (κ3) is 6.07. The summed E-state index contributed by atoms with van der Waals surface area (Å²) < 4.78 is 20.9. The molecule has 6 rings (SSSR count). The van der Waals surface area contributed by atoms with Crippen LogP contribution in [-0.4, -0.2) is 78.1 Å².